The average Bonchev–Trinajstić information content (AvgIpc) is 3.39. The van der Waals surface area contributed by atoms with E-state index in [1.807, 2.05) is 37.3 Å². The topological polar surface area (TPSA) is 93.8 Å². The molecule has 1 amide bonds. The molecular formula is C19H19N3O4. The molecule has 0 heterocycles. The predicted molar refractivity (Wildman–Crippen MR) is 96.7 cm³/mol. The molecule has 0 bridgehead atoms. The normalized spacial score (nSPS) is 21.5. The number of nitro groups is 1. The summed E-state index contributed by atoms with van der Waals surface area (Å²) >= 11 is 0. The van der Waals surface area contributed by atoms with Crippen LogP contribution >= 0.6 is 0 Å². The molecule has 7 heteroatoms. The summed E-state index contributed by atoms with van der Waals surface area (Å²) in [5.74, 6) is -0.545. The third-order valence-corrected chi connectivity index (χ3v) is 4.36. The molecule has 1 aliphatic carbocycles. The van der Waals surface area contributed by atoms with Crippen LogP contribution in [0.2, 0.25) is 0 Å². The fraction of sp³-hybridized carbons (Fsp3) is 0.263. The molecule has 2 atom stereocenters. The quantitative estimate of drug-likeness (QED) is 0.470. The number of hydrogen-bond acceptors (Lipinski definition) is 5. The molecule has 1 fully saturated rings. The van der Waals surface area contributed by atoms with E-state index in [-0.39, 0.29) is 17.5 Å². The highest BCUT2D eigenvalue weighted by Crippen LogP contribution is 2.55. The first-order valence-electron chi connectivity index (χ1n) is 8.33. The van der Waals surface area contributed by atoms with Gasteiger partial charge in [-0.1, -0.05) is 42.5 Å². The van der Waals surface area contributed by atoms with Crippen LogP contribution in [0.5, 0.6) is 0 Å². The molecule has 1 N–H and O–H groups in total. The zero-order valence-corrected chi connectivity index (χ0v) is 14.3. The molecule has 7 nitrogen and oxygen atoms in total. The van der Waals surface area contributed by atoms with Crippen molar-refractivity contribution in [2.75, 3.05) is 6.61 Å². The Hall–Kier alpha value is -3.06. The Morgan fingerprint density at radius 1 is 1.35 bits per heavy atom. The summed E-state index contributed by atoms with van der Waals surface area (Å²) in [5, 5.41) is 14.7. The van der Waals surface area contributed by atoms with Crippen LogP contribution in [0.25, 0.3) is 0 Å². The maximum absolute atomic E-state index is 12.4. The van der Waals surface area contributed by atoms with E-state index in [1.54, 1.807) is 12.1 Å². The van der Waals surface area contributed by atoms with Gasteiger partial charge in [-0.25, -0.2) is 5.43 Å². The molecule has 0 unspecified atom stereocenters. The molecule has 0 saturated heterocycles. The first-order chi connectivity index (χ1) is 12.6. The van der Waals surface area contributed by atoms with Crippen molar-refractivity contribution in [1.82, 2.24) is 5.43 Å². The van der Waals surface area contributed by atoms with Crippen LogP contribution in [0.3, 0.4) is 0 Å². The van der Waals surface area contributed by atoms with Crippen LogP contribution < -0.4 is 5.43 Å². The van der Waals surface area contributed by atoms with Crippen LogP contribution in [0.4, 0.5) is 5.69 Å². The smallest absolute Gasteiger partial charge is 0.270 e. The molecule has 1 saturated carbocycles. The van der Waals surface area contributed by atoms with E-state index in [0.717, 1.165) is 5.56 Å². The second kappa shape index (κ2) is 7.45. The summed E-state index contributed by atoms with van der Waals surface area (Å²) < 4.78 is 5.88. The van der Waals surface area contributed by atoms with Gasteiger partial charge in [0.2, 0.25) is 5.91 Å². The summed E-state index contributed by atoms with van der Waals surface area (Å²) in [7, 11) is 0. The van der Waals surface area contributed by atoms with Gasteiger partial charge in [-0.3, -0.25) is 14.9 Å². The Labute approximate surface area is 150 Å². The molecule has 2 aromatic carbocycles. The maximum atomic E-state index is 12.4. The van der Waals surface area contributed by atoms with Gasteiger partial charge in [0.1, 0.15) is 5.60 Å². The predicted octanol–water partition coefficient (Wildman–Crippen LogP) is 3.00. The zero-order valence-electron chi connectivity index (χ0n) is 14.3. The van der Waals surface area contributed by atoms with Crippen LogP contribution in [0, 0.1) is 16.0 Å². The lowest BCUT2D eigenvalue weighted by Crippen LogP contribution is -2.26. The monoisotopic (exact) mass is 353 g/mol. The van der Waals surface area contributed by atoms with Gasteiger partial charge in [0.05, 0.1) is 17.1 Å². The van der Waals surface area contributed by atoms with E-state index < -0.39 is 10.5 Å². The van der Waals surface area contributed by atoms with Crippen molar-refractivity contribution >= 4 is 17.8 Å². The SMILES string of the molecule is CCO[C@@]1(c2ccccc2)C[C@@H]1C(=O)N/N=C\c1cccc([N+](=O)[O-])c1. The summed E-state index contributed by atoms with van der Waals surface area (Å²) in [6.45, 7) is 2.41. The maximum Gasteiger partial charge on any atom is 0.270 e. The average molecular weight is 353 g/mol. The van der Waals surface area contributed by atoms with Crippen molar-refractivity contribution in [3.8, 4) is 0 Å². The van der Waals surface area contributed by atoms with Crippen LogP contribution in [0.1, 0.15) is 24.5 Å². The van der Waals surface area contributed by atoms with E-state index in [0.29, 0.717) is 18.6 Å². The number of carbonyl (C=O) groups excluding carboxylic acids is 1. The Kier molecular flexibility index (Phi) is 5.09. The first-order valence-corrected chi connectivity index (χ1v) is 8.33. The lowest BCUT2D eigenvalue weighted by Gasteiger charge is -2.17. The van der Waals surface area contributed by atoms with Gasteiger partial charge in [0.25, 0.3) is 5.69 Å². The van der Waals surface area contributed by atoms with Crippen molar-refractivity contribution in [3.05, 3.63) is 75.8 Å². The van der Waals surface area contributed by atoms with Crippen molar-refractivity contribution in [2.24, 2.45) is 11.0 Å². The number of amides is 1. The summed E-state index contributed by atoms with van der Waals surface area (Å²) in [4.78, 5) is 22.7. The molecule has 134 valence electrons. The van der Waals surface area contributed by atoms with Crippen molar-refractivity contribution in [2.45, 2.75) is 18.9 Å². The molecule has 2 aromatic rings. The molecule has 0 aromatic heterocycles. The number of nitro benzene ring substituents is 1. The van der Waals surface area contributed by atoms with Crippen LogP contribution in [-0.4, -0.2) is 23.7 Å². The highest BCUT2D eigenvalue weighted by atomic mass is 16.6. The van der Waals surface area contributed by atoms with Gasteiger partial charge in [0, 0.05) is 24.3 Å². The van der Waals surface area contributed by atoms with Crippen LogP contribution in [0.15, 0.2) is 59.7 Å². The molecule has 0 spiro atoms. The van der Waals surface area contributed by atoms with Gasteiger partial charge < -0.3 is 4.74 Å². The standard InChI is InChI=1S/C19H19N3O4/c1-2-26-19(15-8-4-3-5-9-15)12-17(19)18(23)21-20-13-14-7-6-10-16(11-14)22(24)25/h3-11,13,17H,2,12H2,1H3,(H,21,23)/b20-13-/t17-,19-/m1/s1. The molecule has 1 aliphatic rings. The summed E-state index contributed by atoms with van der Waals surface area (Å²) in [6.07, 6.45) is 1.99. The highest BCUT2D eigenvalue weighted by molar-refractivity contribution is 5.86. The first kappa shape index (κ1) is 17.8. The zero-order chi connectivity index (χ0) is 18.6. The Morgan fingerprint density at radius 2 is 2.12 bits per heavy atom. The van der Waals surface area contributed by atoms with E-state index in [9.17, 15) is 14.9 Å². The number of ether oxygens (including phenoxy) is 1. The number of non-ortho nitro benzene ring substituents is 1. The fourth-order valence-electron chi connectivity index (χ4n) is 3.06. The Balaban J connectivity index is 1.65. The van der Waals surface area contributed by atoms with E-state index in [2.05, 4.69) is 10.5 Å². The van der Waals surface area contributed by atoms with Crippen molar-refractivity contribution < 1.29 is 14.5 Å². The number of hydrogen-bond donors (Lipinski definition) is 1. The van der Waals surface area contributed by atoms with Gasteiger partial charge in [0.15, 0.2) is 0 Å². The van der Waals surface area contributed by atoms with Crippen LogP contribution in [-0.2, 0) is 15.1 Å². The second-order valence-corrected chi connectivity index (χ2v) is 6.03. The van der Waals surface area contributed by atoms with E-state index in [1.165, 1.54) is 18.3 Å². The van der Waals surface area contributed by atoms with Gasteiger partial charge in [-0.15, -0.1) is 0 Å². The number of hydrazone groups is 1. The minimum absolute atomic E-state index is 0.0260. The highest BCUT2D eigenvalue weighted by Gasteiger charge is 2.60. The number of carbonyl (C=O) groups is 1. The molecule has 26 heavy (non-hydrogen) atoms. The third-order valence-electron chi connectivity index (χ3n) is 4.36. The number of nitrogens with one attached hydrogen (secondary N) is 1. The summed E-state index contributed by atoms with van der Waals surface area (Å²) in [6, 6.07) is 15.7. The van der Waals surface area contributed by atoms with E-state index in [4.69, 9.17) is 4.74 Å². The Bertz CT molecular complexity index is 838. The van der Waals surface area contributed by atoms with Gasteiger partial charge >= 0.3 is 0 Å². The van der Waals surface area contributed by atoms with Gasteiger partial charge in [-0.2, -0.15) is 5.10 Å². The molecule has 0 radical (unpaired) electrons. The lowest BCUT2D eigenvalue weighted by atomic mass is 10.1. The molecule has 3 rings (SSSR count). The molecular weight excluding hydrogens is 334 g/mol. The molecule has 0 aliphatic heterocycles. The fourth-order valence-corrected chi connectivity index (χ4v) is 3.06. The minimum Gasteiger partial charge on any atom is -0.370 e. The van der Waals surface area contributed by atoms with Gasteiger partial charge in [-0.05, 0) is 18.9 Å². The Morgan fingerprint density at radius 3 is 2.81 bits per heavy atom. The largest absolute Gasteiger partial charge is 0.370 e. The van der Waals surface area contributed by atoms with Crippen molar-refractivity contribution in [3.63, 3.8) is 0 Å². The lowest BCUT2D eigenvalue weighted by molar-refractivity contribution is -0.384. The number of nitrogens with zero attached hydrogens (tertiary/aromatic N) is 2. The summed E-state index contributed by atoms with van der Waals surface area (Å²) in [5.41, 5.74) is 3.40. The van der Waals surface area contributed by atoms with E-state index >= 15 is 0 Å². The van der Waals surface area contributed by atoms with Crippen molar-refractivity contribution in [1.29, 1.82) is 0 Å². The minimum atomic E-state index is -0.596. The number of rotatable bonds is 7. The third kappa shape index (κ3) is 3.62. The second-order valence-electron chi connectivity index (χ2n) is 6.03. The number of benzene rings is 2.